The van der Waals surface area contributed by atoms with Gasteiger partial charge in [0.15, 0.2) is 0 Å². The lowest BCUT2D eigenvalue weighted by Gasteiger charge is -2.45. The highest BCUT2D eigenvalue weighted by Gasteiger charge is 2.48. The van der Waals surface area contributed by atoms with E-state index in [1.54, 1.807) is 6.20 Å². The molecule has 130 valence electrons. The number of hydrogen-bond acceptors (Lipinski definition) is 4. The molecule has 25 heavy (non-hydrogen) atoms. The molecule has 5 heteroatoms. The molecule has 0 radical (unpaired) electrons. The van der Waals surface area contributed by atoms with Crippen molar-refractivity contribution in [3.63, 3.8) is 0 Å². The highest BCUT2D eigenvalue weighted by molar-refractivity contribution is 14.1. The van der Waals surface area contributed by atoms with E-state index in [-0.39, 0.29) is 11.9 Å². The van der Waals surface area contributed by atoms with E-state index in [1.807, 2.05) is 44.3 Å². The minimum atomic E-state index is -0.607. The molecule has 0 aliphatic carbocycles. The Labute approximate surface area is 161 Å². The van der Waals surface area contributed by atoms with Crippen LogP contribution in [0, 0.1) is 9.49 Å². The number of nitrogens with zero attached hydrogens (tertiary/aromatic N) is 1. The maximum absolute atomic E-state index is 12.8. The van der Waals surface area contributed by atoms with Crippen LogP contribution < -0.4 is 5.32 Å². The summed E-state index contributed by atoms with van der Waals surface area (Å²) >= 11 is 2.33. The van der Waals surface area contributed by atoms with Crippen molar-refractivity contribution >= 4 is 28.6 Å². The molecule has 0 saturated carbocycles. The number of methoxy groups -OCH3 is 1. The molecular formula is C20H21IN2O2. The summed E-state index contributed by atoms with van der Waals surface area (Å²) in [6.07, 6.45) is 5.68. The van der Waals surface area contributed by atoms with E-state index in [1.165, 1.54) is 7.11 Å². The lowest BCUT2D eigenvalue weighted by atomic mass is 9.68. The first kappa shape index (κ1) is 17.9. The number of pyridine rings is 1. The molecule has 4 nitrogen and oxygen atoms in total. The van der Waals surface area contributed by atoms with Crippen LogP contribution in [-0.4, -0.2) is 18.1 Å². The molecule has 1 N–H and O–H groups in total. The zero-order valence-corrected chi connectivity index (χ0v) is 16.7. The molecule has 2 aromatic rings. The van der Waals surface area contributed by atoms with Crippen LogP contribution in [0.15, 0.2) is 60.6 Å². The number of allylic oxidation sites excluding steroid dienone is 2. The molecule has 0 saturated heterocycles. The first-order valence-corrected chi connectivity index (χ1v) is 9.24. The number of aromatic nitrogens is 1. The topological polar surface area (TPSA) is 51.2 Å². The van der Waals surface area contributed by atoms with Gasteiger partial charge in [0.25, 0.3) is 0 Å². The minimum Gasteiger partial charge on any atom is -0.469 e. The molecule has 3 rings (SSSR count). The van der Waals surface area contributed by atoms with Gasteiger partial charge in [-0.05, 0) is 59.7 Å². The van der Waals surface area contributed by atoms with Crippen molar-refractivity contribution in [1.29, 1.82) is 0 Å². The van der Waals surface area contributed by atoms with Crippen molar-refractivity contribution in [2.75, 3.05) is 7.11 Å². The van der Waals surface area contributed by atoms with Crippen LogP contribution in [0.1, 0.15) is 30.9 Å². The molecule has 1 aromatic carbocycles. The van der Waals surface area contributed by atoms with E-state index in [4.69, 9.17) is 4.74 Å². The van der Waals surface area contributed by atoms with E-state index < -0.39 is 11.5 Å². The van der Waals surface area contributed by atoms with Crippen molar-refractivity contribution in [2.45, 2.75) is 25.3 Å². The van der Waals surface area contributed by atoms with E-state index >= 15 is 0 Å². The Balaban J connectivity index is 2.19. The molecule has 0 amide bonds. The van der Waals surface area contributed by atoms with Crippen molar-refractivity contribution in [3.8, 4) is 0 Å². The average molecular weight is 448 g/mol. The number of rotatable bonds is 3. The number of esters is 1. The summed E-state index contributed by atoms with van der Waals surface area (Å²) in [7, 11) is 1.45. The van der Waals surface area contributed by atoms with Gasteiger partial charge in [-0.1, -0.05) is 30.3 Å². The molecule has 0 bridgehead atoms. The smallest absolute Gasteiger partial charge is 0.312 e. The second kappa shape index (κ2) is 7.15. The lowest BCUT2D eigenvalue weighted by Crippen LogP contribution is -2.53. The maximum Gasteiger partial charge on any atom is 0.312 e. The van der Waals surface area contributed by atoms with Crippen LogP contribution in [-0.2, 0) is 15.1 Å². The number of benzene rings is 1. The zero-order chi connectivity index (χ0) is 18.0. The van der Waals surface area contributed by atoms with Crippen LogP contribution in [0.25, 0.3) is 0 Å². The normalized spacial score (nSPS) is 25.7. The molecule has 3 unspecified atom stereocenters. The zero-order valence-electron chi connectivity index (χ0n) is 14.5. The summed E-state index contributed by atoms with van der Waals surface area (Å²) in [6.45, 7) is 4.08. The van der Waals surface area contributed by atoms with Crippen molar-refractivity contribution in [2.24, 2.45) is 5.92 Å². The Morgan fingerprint density at radius 2 is 2.04 bits per heavy atom. The Hall–Kier alpha value is -1.89. The van der Waals surface area contributed by atoms with Crippen molar-refractivity contribution in [3.05, 3.63) is 75.3 Å². The number of nitrogens with one attached hydrogen (secondary N) is 1. The van der Waals surface area contributed by atoms with Gasteiger partial charge in [-0.25, -0.2) is 0 Å². The number of ether oxygens (including phenoxy) is 1. The summed E-state index contributed by atoms with van der Waals surface area (Å²) in [6, 6.07) is 12.1. The van der Waals surface area contributed by atoms with Crippen LogP contribution >= 0.6 is 22.6 Å². The molecule has 0 fully saturated rings. The third-order valence-corrected chi connectivity index (χ3v) is 5.83. The Bertz CT molecular complexity index is 806. The number of carbonyl (C=O) groups excluding carboxylic acids is 1. The molecule has 1 aliphatic rings. The first-order valence-electron chi connectivity index (χ1n) is 8.16. The predicted octanol–water partition coefficient (Wildman–Crippen LogP) is 3.98. The van der Waals surface area contributed by atoms with Crippen LogP contribution in [0.4, 0.5) is 0 Å². The van der Waals surface area contributed by atoms with Gasteiger partial charge in [0.1, 0.15) is 0 Å². The quantitative estimate of drug-likeness (QED) is 0.570. The molecule has 1 aromatic heterocycles. The van der Waals surface area contributed by atoms with Gasteiger partial charge in [0, 0.05) is 27.6 Å². The highest BCUT2D eigenvalue weighted by Crippen LogP contribution is 2.45. The Morgan fingerprint density at radius 1 is 1.28 bits per heavy atom. The van der Waals surface area contributed by atoms with Gasteiger partial charge in [0.2, 0.25) is 0 Å². The third-order valence-electron chi connectivity index (χ3n) is 4.85. The average Bonchev–Trinajstić information content (AvgIpc) is 2.61. The SMILES string of the molecule is COC(=O)C1C(c2ccccc2I)C=C(C)NC1(C)c1cccnc1. The number of carbonyl (C=O) groups is 1. The van der Waals surface area contributed by atoms with Gasteiger partial charge >= 0.3 is 5.97 Å². The van der Waals surface area contributed by atoms with Gasteiger partial charge in [0.05, 0.1) is 18.6 Å². The van der Waals surface area contributed by atoms with Crippen molar-refractivity contribution in [1.82, 2.24) is 10.3 Å². The van der Waals surface area contributed by atoms with Gasteiger partial charge in [-0.3, -0.25) is 9.78 Å². The van der Waals surface area contributed by atoms with Crippen LogP contribution in [0.2, 0.25) is 0 Å². The van der Waals surface area contributed by atoms with Crippen LogP contribution in [0.3, 0.4) is 0 Å². The van der Waals surface area contributed by atoms with Gasteiger partial charge in [-0.2, -0.15) is 0 Å². The largest absolute Gasteiger partial charge is 0.469 e. The third kappa shape index (κ3) is 3.29. The Morgan fingerprint density at radius 3 is 2.68 bits per heavy atom. The van der Waals surface area contributed by atoms with E-state index in [2.05, 4.69) is 51.1 Å². The molecule has 2 heterocycles. The maximum atomic E-state index is 12.8. The lowest BCUT2D eigenvalue weighted by molar-refractivity contribution is -0.149. The number of hydrogen-bond donors (Lipinski definition) is 1. The summed E-state index contributed by atoms with van der Waals surface area (Å²) in [5.41, 5.74) is 2.53. The summed E-state index contributed by atoms with van der Waals surface area (Å²) in [4.78, 5) is 17.1. The van der Waals surface area contributed by atoms with Crippen LogP contribution in [0.5, 0.6) is 0 Å². The van der Waals surface area contributed by atoms with E-state index in [9.17, 15) is 4.79 Å². The molecule has 3 atom stereocenters. The first-order chi connectivity index (χ1) is 12.0. The predicted molar refractivity (Wildman–Crippen MR) is 106 cm³/mol. The van der Waals surface area contributed by atoms with Gasteiger partial charge in [-0.15, -0.1) is 0 Å². The summed E-state index contributed by atoms with van der Waals surface area (Å²) < 4.78 is 6.34. The summed E-state index contributed by atoms with van der Waals surface area (Å²) in [5, 5.41) is 3.51. The van der Waals surface area contributed by atoms with Gasteiger partial charge < -0.3 is 10.1 Å². The standard InChI is InChI=1S/C20H21IN2O2/c1-13-11-16(15-8-4-5-9-17(15)21)18(19(24)25-3)20(2,23-13)14-7-6-10-22-12-14/h4-12,16,18,23H,1-3H3. The van der Waals surface area contributed by atoms with E-state index in [0.29, 0.717) is 0 Å². The highest BCUT2D eigenvalue weighted by atomic mass is 127. The second-order valence-electron chi connectivity index (χ2n) is 6.47. The van der Waals surface area contributed by atoms with Crippen molar-refractivity contribution < 1.29 is 9.53 Å². The Kier molecular flexibility index (Phi) is 5.13. The monoisotopic (exact) mass is 448 g/mol. The minimum absolute atomic E-state index is 0.0768. The number of halogens is 1. The molecular weight excluding hydrogens is 427 g/mol. The fourth-order valence-corrected chi connectivity index (χ4v) is 4.45. The fourth-order valence-electron chi connectivity index (χ4n) is 3.70. The second-order valence-corrected chi connectivity index (χ2v) is 7.63. The van der Waals surface area contributed by atoms with E-state index in [0.717, 1.165) is 20.4 Å². The fraction of sp³-hybridized carbons (Fsp3) is 0.300. The summed E-state index contributed by atoms with van der Waals surface area (Å²) in [5.74, 6) is -0.708. The molecule has 0 spiro atoms. The molecule has 1 aliphatic heterocycles.